The fraction of sp³-hybridized carbons (Fsp3) is 0.667. The molecule has 0 amide bonds. The van der Waals surface area contributed by atoms with Crippen molar-refractivity contribution in [3.05, 3.63) is 35.6 Å². The molecular weight excluding hydrogens is 396 g/mol. The van der Waals surface area contributed by atoms with E-state index in [0.29, 0.717) is 18.6 Å². The molecule has 0 bridgehead atoms. The number of carbonyl (C=O) groups excluding carboxylic acids is 1. The third kappa shape index (κ3) is 3.21. The van der Waals surface area contributed by atoms with Crippen LogP contribution in [0, 0.1) is 17.8 Å². The highest BCUT2D eigenvalue weighted by Crippen LogP contribution is 2.52. The Hall–Kier alpha value is -1.75. The number of aliphatic hydroxyl groups is 5. The van der Waals surface area contributed by atoms with Gasteiger partial charge in [-0.3, -0.25) is 0 Å². The number of esters is 1. The van der Waals surface area contributed by atoms with Gasteiger partial charge >= 0.3 is 5.97 Å². The van der Waals surface area contributed by atoms with Crippen LogP contribution >= 0.6 is 0 Å². The second-order valence-electron chi connectivity index (χ2n) is 8.61. The minimum Gasteiger partial charge on any atom is -0.466 e. The quantitative estimate of drug-likeness (QED) is 0.222. The molecule has 0 aromatic carbocycles. The van der Waals surface area contributed by atoms with Gasteiger partial charge in [-0.25, -0.2) is 4.79 Å². The molecule has 0 spiro atoms. The van der Waals surface area contributed by atoms with Gasteiger partial charge in [0.05, 0.1) is 24.4 Å². The summed E-state index contributed by atoms with van der Waals surface area (Å²) in [6.45, 7) is 9.18. The molecule has 0 radical (unpaired) electrons. The number of hydrogen-bond donors (Lipinski definition) is 5. The van der Waals surface area contributed by atoms with Crippen molar-refractivity contribution in [1.82, 2.24) is 0 Å². The molecule has 2 aliphatic carbocycles. The van der Waals surface area contributed by atoms with Gasteiger partial charge in [0.25, 0.3) is 0 Å². The predicted octanol–water partition coefficient (Wildman–Crippen LogP) is -0.868. The van der Waals surface area contributed by atoms with Gasteiger partial charge in [0.1, 0.15) is 30.5 Å². The molecule has 0 aromatic rings. The Morgan fingerprint density at radius 1 is 1.07 bits per heavy atom. The number of ether oxygens (including phenoxy) is 3. The number of carbonyl (C=O) groups is 1. The molecule has 2 saturated heterocycles. The average molecular weight is 424 g/mol. The van der Waals surface area contributed by atoms with Crippen molar-refractivity contribution in [1.29, 1.82) is 0 Å². The first-order valence-corrected chi connectivity index (χ1v) is 10.1. The van der Waals surface area contributed by atoms with Crippen LogP contribution in [0.25, 0.3) is 0 Å². The van der Waals surface area contributed by atoms with Crippen molar-refractivity contribution in [2.24, 2.45) is 17.8 Å². The first-order valence-electron chi connectivity index (χ1n) is 10.1. The molecular formula is C21H28O9. The van der Waals surface area contributed by atoms with Crippen LogP contribution in [-0.4, -0.2) is 81.0 Å². The van der Waals surface area contributed by atoms with Gasteiger partial charge < -0.3 is 39.7 Å². The van der Waals surface area contributed by atoms with Crippen molar-refractivity contribution in [3.63, 3.8) is 0 Å². The topological polar surface area (TPSA) is 146 Å². The summed E-state index contributed by atoms with van der Waals surface area (Å²) in [6, 6.07) is 0. The molecule has 4 rings (SSSR count). The van der Waals surface area contributed by atoms with Crippen LogP contribution in [0.3, 0.4) is 0 Å². The maximum atomic E-state index is 12.1. The van der Waals surface area contributed by atoms with E-state index in [9.17, 15) is 30.3 Å². The minimum absolute atomic E-state index is 0.145. The lowest BCUT2D eigenvalue weighted by molar-refractivity contribution is -0.292. The van der Waals surface area contributed by atoms with E-state index in [-0.39, 0.29) is 17.4 Å². The highest BCUT2D eigenvalue weighted by molar-refractivity contribution is 5.91. The largest absolute Gasteiger partial charge is 0.466 e. The molecule has 0 aromatic heterocycles. The number of fused-ring (bicyclic) bond motifs is 3. The summed E-state index contributed by atoms with van der Waals surface area (Å²) in [4.78, 5) is 12.1. The van der Waals surface area contributed by atoms with Gasteiger partial charge in [0, 0.05) is 17.9 Å². The molecule has 9 nitrogen and oxygen atoms in total. The standard InChI is InChI=1S/C21H28O9/c1-7-4-11(23)15-9(3)20(27)30-19(15)14-8(2)12(5-10(7)14)28-21-18(26)17(25)16(24)13(6-22)29-21/h10-11,13-19,21-26H,1,3-6H2,2H3/t10-,11-,13+,14-,15+,16+,17-,18+,19-,21+/m0/s1. The van der Waals surface area contributed by atoms with Crippen LogP contribution in [0.5, 0.6) is 0 Å². The van der Waals surface area contributed by atoms with E-state index in [1.807, 2.05) is 6.92 Å². The zero-order valence-corrected chi connectivity index (χ0v) is 16.7. The highest BCUT2D eigenvalue weighted by Gasteiger charge is 2.55. The first-order chi connectivity index (χ1) is 14.1. The number of hydrogen-bond acceptors (Lipinski definition) is 9. The summed E-state index contributed by atoms with van der Waals surface area (Å²) >= 11 is 0. The van der Waals surface area contributed by atoms with E-state index < -0.39 is 61.4 Å². The SMILES string of the molecule is C=C1C(=O)O[C@H]2[C@H]3C(C)=C(O[C@@H]4O[C@H](CO)[C@@H](O)[C@H](O)[C@H]4O)C[C@H]3C(=C)C[C@H](O)[C@@H]12. The molecule has 4 aliphatic rings. The Labute approximate surface area is 173 Å². The van der Waals surface area contributed by atoms with E-state index in [1.165, 1.54) is 0 Å². The first kappa shape index (κ1) is 21.5. The molecule has 0 unspecified atom stereocenters. The van der Waals surface area contributed by atoms with Crippen molar-refractivity contribution in [2.45, 2.75) is 62.7 Å². The zero-order chi connectivity index (χ0) is 21.9. The predicted molar refractivity (Wildman–Crippen MR) is 101 cm³/mol. The molecule has 2 aliphatic heterocycles. The molecule has 9 heteroatoms. The minimum atomic E-state index is -1.54. The van der Waals surface area contributed by atoms with E-state index in [4.69, 9.17) is 14.2 Å². The van der Waals surface area contributed by atoms with E-state index in [1.54, 1.807) is 0 Å². The monoisotopic (exact) mass is 424 g/mol. The normalized spacial score (nSPS) is 46.4. The van der Waals surface area contributed by atoms with Crippen molar-refractivity contribution in [3.8, 4) is 0 Å². The second-order valence-corrected chi connectivity index (χ2v) is 8.61. The summed E-state index contributed by atoms with van der Waals surface area (Å²) in [6.07, 6.45) is -7.60. The Balaban J connectivity index is 1.61. The van der Waals surface area contributed by atoms with Crippen LogP contribution in [0.4, 0.5) is 0 Å². The van der Waals surface area contributed by atoms with Gasteiger partial charge in [-0.15, -0.1) is 0 Å². The molecule has 1 saturated carbocycles. The van der Waals surface area contributed by atoms with E-state index in [2.05, 4.69) is 13.2 Å². The third-order valence-electron chi connectivity index (χ3n) is 6.91. The van der Waals surface area contributed by atoms with Crippen LogP contribution in [0.1, 0.15) is 19.8 Å². The van der Waals surface area contributed by atoms with Crippen LogP contribution in [-0.2, 0) is 19.0 Å². The zero-order valence-electron chi connectivity index (χ0n) is 16.7. The van der Waals surface area contributed by atoms with Crippen LogP contribution in [0.15, 0.2) is 35.6 Å². The van der Waals surface area contributed by atoms with Crippen LogP contribution < -0.4 is 0 Å². The Morgan fingerprint density at radius 3 is 2.43 bits per heavy atom. The maximum absolute atomic E-state index is 12.1. The average Bonchev–Trinajstić information content (AvgIpc) is 3.15. The molecule has 166 valence electrons. The van der Waals surface area contributed by atoms with Crippen molar-refractivity contribution in [2.75, 3.05) is 6.61 Å². The summed E-state index contributed by atoms with van der Waals surface area (Å²) < 4.78 is 16.9. The summed E-state index contributed by atoms with van der Waals surface area (Å²) in [7, 11) is 0. The van der Waals surface area contributed by atoms with E-state index in [0.717, 1.165) is 11.1 Å². The van der Waals surface area contributed by atoms with Crippen molar-refractivity contribution < 1.29 is 44.5 Å². The van der Waals surface area contributed by atoms with Gasteiger partial charge in [-0.05, 0) is 24.8 Å². The van der Waals surface area contributed by atoms with Gasteiger partial charge in [-0.2, -0.15) is 0 Å². The summed E-state index contributed by atoms with van der Waals surface area (Å²) in [5, 5.41) is 50.2. The fourth-order valence-corrected chi connectivity index (χ4v) is 5.20. The lowest BCUT2D eigenvalue weighted by Crippen LogP contribution is -2.59. The van der Waals surface area contributed by atoms with Gasteiger partial charge in [0.15, 0.2) is 0 Å². The summed E-state index contributed by atoms with van der Waals surface area (Å²) in [5.74, 6) is -0.979. The van der Waals surface area contributed by atoms with Crippen LogP contribution in [0.2, 0.25) is 0 Å². The number of allylic oxidation sites excluding steroid dienone is 1. The lowest BCUT2D eigenvalue weighted by atomic mass is 9.80. The Kier molecular flexibility index (Phi) is 5.54. The number of rotatable bonds is 3. The third-order valence-corrected chi connectivity index (χ3v) is 6.91. The van der Waals surface area contributed by atoms with Gasteiger partial charge in [0.2, 0.25) is 6.29 Å². The highest BCUT2D eigenvalue weighted by atomic mass is 16.7. The summed E-state index contributed by atoms with van der Waals surface area (Å²) in [5.41, 5.74) is 1.82. The van der Waals surface area contributed by atoms with E-state index >= 15 is 0 Å². The molecule has 5 N–H and O–H groups in total. The lowest BCUT2D eigenvalue weighted by Gasteiger charge is -2.40. The van der Waals surface area contributed by atoms with Crippen molar-refractivity contribution >= 4 is 5.97 Å². The molecule has 2 heterocycles. The Morgan fingerprint density at radius 2 is 1.77 bits per heavy atom. The molecule has 3 fully saturated rings. The Bertz CT molecular complexity index is 787. The molecule has 10 atom stereocenters. The second kappa shape index (κ2) is 7.74. The fourth-order valence-electron chi connectivity index (χ4n) is 5.20. The maximum Gasteiger partial charge on any atom is 0.334 e. The smallest absolute Gasteiger partial charge is 0.334 e. The van der Waals surface area contributed by atoms with Gasteiger partial charge in [-0.1, -0.05) is 18.7 Å². The molecule has 30 heavy (non-hydrogen) atoms. The number of aliphatic hydroxyl groups excluding tert-OH is 5.